The van der Waals surface area contributed by atoms with Crippen LogP contribution < -0.4 is 26.2 Å². The molecule has 3 rings (SSSR count). The molecule has 0 amide bonds. The summed E-state index contributed by atoms with van der Waals surface area (Å²) in [5.74, 6) is -2.33. The van der Waals surface area contributed by atoms with E-state index in [2.05, 4.69) is 15.1 Å². The van der Waals surface area contributed by atoms with Crippen molar-refractivity contribution in [2.24, 2.45) is 11.0 Å². The normalized spacial score (nSPS) is 21.0. The Morgan fingerprint density at radius 2 is 1.47 bits per heavy atom. The molecule has 0 radical (unpaired) electrons. The molecular weight excluding hydrogens is 741 g/mol. The van der Waals surface area contributed by atoms with Gasteiger partial charge < -0.3 is 0 Å². The number of hydrogen-bond donors (Lipinski definition) is 2. The molecule has 0 aliphatic carbocycles. The van der Waals surface area contributed by atoms with Gasteiger partial charge in [0.25, 0.3) is 0 Å². The van der Waals surface area contributed by atoms with Crippen LogP contribution in [0.4, 0.5) is 45.2 Å². The number of halogens is 11. The van der Waals surface area contributed by atoms with Gasteiger partial charge in [0.05, 0.1) is 0 Å². The third kappa shape index (κ3) is 5.82. The molecule has 1 aliphatic heterocycles. The second kappa shape index (κ2) is 10.4. The van der Waals surface area contributed by atoms with Crippen LogP contribution in [0.15, 0.2) is 41.8 Å². The molecule has 200 valence electrons. The van der Waals surface area contributed by atoms with Gasteiger partial charge in [0.15, 0.2) is 0 Å². The minimum absolute atomic E-state index is 0.0937. The van der Waals surface area contributed by atoms with Crippen LogP contribution in [0.3, 0.4) is 0 Å². The first-order valence-electron chi connectivity index (χ1n) is 9.58. The molecule has 3 unspecified atom stereocenters. The van der Waals surface area contributed by atoms with Crippen molar-refractivity contribution in [3.05, 3.63) is 53.6 Å². The van der Waals surface area contributed by atoms with Gasteiger partial charge in [-0.15, -0.1) is 0 Å². The van der Waals surface area contributed by atoms with E-state index in [-0.39, 0.29) is 8.86 Å². The number of aromatic nitrogens is 2. The van der Waals surface area contributed by atoms with Gasteiger partial charge >= 0.3 is 222 Å². The zero-order chi connectivity index (χ0) is 27.1. The van der Waals surface area contributed by atoms with Gasteiger partial charge in [-0.25, -0.2) is 0 Å². The summed E-state index contributed by atoms with van der Waals surface area (Å²) in [6, 6.07) is 2.62. The van der Waals surface area contributed by atoms with Gasteiger partial charge in [0.1, 0.15) is 0 Å². The van der Waals surface area contributed by atoms with Gasteiger partial charge in [-0.3, -0.25) is 0 Å². The van der Waals surface area contributed by atoms with Crippen molar-refractivity contribution in [2.75, 3.05) is 13.9 Å². The Balaban J connectivity index is 2.22. The summed E-state index contributed by atoms with van der Waals surface area (Å²) in [4.78, 5) is 6.26. The molecule has 3 heterocycles. The van der Waals surface area contributed by atoms with E-state index in [9.17, 15) is 49.7 Å². The van der Waals surface area contributed by atoms with Crippen LogP contribution >= 0.6 is 22.6 Å². The van der Waals surface area contributed by atoms with Crippen molar-refractivity contribution in [3.8, 4) is 0 Å². The average molecular weight is 755 g/mol. The second-order valence-corrected chi connectivity index (χ2v) is 11.8. The zero-order valence-electron chi connectivity index (χ0n) is 17.4. The fraction of sp³-hybridized carbons (Fsp3) is 0.421. The fourth-order valence-corrected chi connectivity index (χ4v) is 7.24. The number of aliphatic hydroxyl groups is 2. The molecule has 0 saturated carbocycles. The van der Waals surface area contributed by atoms with Crippen LogP contribution in [0.2, 0.25) is 0 Å². The van der Waals surface area contributed by atoms with Gasteiger partial charge in [-0.05, 0) is 0 Å². The predicted octanol–water partition coefficient (Wildman–Crippen LogP) is 1.45. The average Bonchev–Trinajstić information content (AvgIpc) is 3.13. The van der Waals surface area contributed by atoms with Crippen molar-refractivity contribution in [1.82, 2.24) is 9.97 Å². The van der Waals surface area contributed by atoms with E-state index in [0.717, 1.165) is 12.1 Å². The molecule has 17 heteroatoms. The van der Waals surface area contributed by atoms with Crippen LogP contribution in [-0.2, 0) is 12.4 Å². The van der Waals surface area contributed by atoms with Crippen molar-refractivity contribution >= 4 is 34.0 Å². The molecule has 1 aliphatic rings. The Hall–Kier alpha value is -1.48. The first-order chi connectivity index (χ1) is 16.5. The van der Waals surface area contributed by atoms with Gasteiger partial charge in [0.2, 0.25) is 0 Å². The van der Waals surface area contributed by atoms with E-state index in [4.69, 9.17) is 0 Å². The van der Waals surface area contributed by atoms with Crippen LogP contribution in [0.5, 0.6) is 0 Å². The summed E-state index contributed by atoms with van der Waals surface area (Å²) in [7, 11) is 0. The van der Waals surface area contributed by atoms with Gasteiger partial charge in [-0.1, -0.05) is 0 Å². The van der Waals surface area contributed by atoms with Gasteiger partial charge in [0, 0.05) is 0 Å². The molecule has 36 heavy (non-hydrogen) atoms. The maximum absolute atomic E-state index is 14.2. The monoisotopic (exact) mass is 755 g/mol. The van der Waals surface area contributed by atoms with E-state index >= 15 is 0 Å². The summed E-state index contributed by atoms with van der Waals surface area (Å²) in [6.07, 6.45) is -16.3. The maximum atomic E-state index is 14.2. The number of rotatable bonds is 6. The Labute approximate surface area is 221 Å². The van der Waals surface area contributed by atoms with Crippen LogP contribution in [-0.4, -0.2) is 50.8 Å². The van der Waals surface area contributed by atoms with Gasteiger partial charge in [-0.2, -0.15) is 0 Å². The molecule has 3 atom stereocenters. The fourth-order valence-electron chi connectivity index (χ4n) is 3.32. The second-order valence-electron chi connectivity index (χ2n) is 7.23. The van der Waals surface area contributed by atoms with E-state index in [1.54, 1.807) is 22.6 Å². The Morgan fingerprint density at radius 3 is 2.00 bits per heavy atom. The molecule has 0 bridgehead atoms. The molecule has 2 aromatic heterocycles. The number of pyridine rings is 2. The molecule has 6 nitrogen and oxygen atoms in total. The zero-order valence-corrected chi connectivity index (χ0v) is 21.7. The number of alkyl halides is 12. The predicted molar refractivity (Wildman–Crippen MR) is 112 cm³/mol. The molecule has 0 aromatic carbocycles. The van der Waals surface area contributed by atoms with E-state index in [1.807, 2.05) is 0 Å². The van der Waals surface area contributed by atoms with E-state index in [0.29, 0.717) is 29.5 Å². The summed E-state index contributed by atoms with van der Waals surface area (Å²) >= 11 is -0.417. The topological polar surface area (TPSA) is 81.8 Å². The third-order valence-electron chi connectivity index (χ3n) is 4.88. The molecule has 2 aromatic rings. The number of anilines is 1. The minimum atomic E-state index is -5.34. The van der Waals surface area contributed by atoms with Crippen molar-refractivity contribution in [3.63, 3.8) is 0 Å². The Kier molecular flexibility index (Phi) is 8.36. The van der Waals surface area contributed by atoms with Crippen molar-refractivity contribution in [2.45, 2.75) is 28.4 Å². The number of hydrogen-bond acceptors (Lipinski definition) is 6. The quantitative estimate of drug-likeness (QED) is 0.266. The van der Waals surface area contributed by atoms with Crippen molar-refractivity contribution < 1.29 is 70.9 Å². The first kappa shape index (κ1) is 29.1. The van der Waals surface area contributed by atoms with E-state index < -0.39 is 83.8 Å². The first-order valence-corrected chi connectivity index (χ1v) is 13.7. The van der Waals surface area contributed by atoms with Crippen LogP contribution in [0.1, 0.15) is 17.0 Å². The molecule has 2 N–H and O–H groups in total. The molecule has 0 fully saturated rings. The number of nitrogens with zero attached hydrogens (tertiary/aromatic N) is 4. The summed E-state index contributed by atoms with van der Waals surface area (Å²) in [5.41, 5.74) is -4.79. The standard InChI is InChI=1S/C19H14F9I2N4O2/c20-17(21,22)11-7-9(1-5-31-11)14-13(16(36,19(26,27)28)30-4-3-29)15(35)34(33-14)10-2-6-32-12(8-10)18(23,24)25/h1-2,5-8,13,15,35-36H,3-4H2/q-1. The summed E-state index contributed by atoms with van der Waals surface area (Å²) < 4.78 is 118. The number of hydrazone groups is 1. The van der Waals surface area contributed by atoms with Crippen molar-refractivity contribution in [1.29, 1.82) is 0 Å². The third-order valence-corrected chi connectivity index (χ3v) is 11.0. The van der Waals surface area contributed by atoms with E-state index in [1.165, 1.54) is 0 Å². The SMILES string of the molecule is OC1C(C(O)([I-]CCI)C(F)(F)F)C(c2ccnc(C(F)(F)F)c2)=NN1c1ccnc(C(F)(F)F)c1. The Bertz CT molecular complexity index is 1130. The van der Waals surface area contributed by atoms with Crippen LogP contribution in [0, 0.1) is 5.92 Å². The van der Waals surface area contributed by atoms with Crippen LogP contribution in [0.25, 0.3) is 0 Å². The number of aliphatic hydroxyl groups excluding tert-OH is 1. The molecular formula is C19H14F9I2N4O2-. The summed E-state index contributed by atoms with van der Waals surface area (Å²) in [5, 5.41) is 26.0. The summed E-state index contributed by atoms with van der Waals surface area (Å²) in [6.45, 7) is 0. The Morgan fingerprint density at radius 1 is 0.917 bits per heavy atom. The molecule has 0 spiro atoms. The molecule has 0 saturated heterocycles.